The zero-order valence-corrected chi connectivity index (χ0v) is 16.4. The summed E-state index contributed by atoms with van der Waals surface area (Å²) in [5.74, 6) is -0.169. The van der Waals surface area contributed by atoms with Crippen molar-refractivity contribution in [1.82, 2.24) is 5.32 Å². The number of carbonyl (C=O) groups excluding carboxylic acids is 1. The SMILES string of the molecule is Nc1cc(Br)ccc1C(=O)NC[C@@H]1CCC(c2ccc3ccccc3c2)O1. The van der Waals surface area contributed by atoms with E-state index in [1.165, 1.54) is 16.3 Å². The third-order valence-corrected chi connectivity index (χ3v) is 5.49. The number of anilines is 1. The summed E-state index contributed by atoms with van der Waals surface area (Å²) in [7, 11) is 0. The molecule has 1 aliphatic rings. The largest absolute Gasteiger partial charge is 0.398 e. The Kier molecular flexibility index (Phi) is 5.14. The Morgan fingerprint density at radius 2 is 1.89 bits per heavy atom. The first-order valence-electron chi connectivity index (χ1n) is 9.07. The number of ether oxygens (including phenoxy) is 1. The van der Waals surface area contributed by atoms with Crippen molar-refractivity contribution in [3.8, 4) is 0 Å². The molecule has 1 amide bonds. The maximum atomic E-state index is 12.4. The quantitative estimate of drug-likeness (QED) is 0.589. The van der Waals surface area contributed by atoms with Crippen LogP contribution in [-0.2, 0) is 4.74 Å². The first-order chi connectivity index (χ1) is 13.1. The average molecular weight is 425 g/mol. The van der Waals surface area contributed by atoms with Crippen molar-refractivity contribution in [2.24, 2.45) is 0 Å². The van der Waals surface area contributed by atoms with E-state index in [1.54, 1.807) is 12.1 Å². The van der Waals surface area contributed by atoms with Crippen LogP contribution in [0.5, 0.6) is 0 Å². The molecule has 0 bridgehead atoms. The van der Waals surface area contributed by atoms with Gasteiger partial charge in [-0.15, -0.1) is 0 Å². The van der Waals surface area contributed by atoms with Gasteiger partial charge in [0.05, 0.1) is 17.8 Å². The van der Waals surface area contributed by atoms with E-state index in [2.05, 4.69) is 51.6 Å². The lowest BCUT2D eigenvalue weighted by Gasteiger charge is -2.16. The van der Waals surface area contributed by atoms with E-state index in [-0.39, 0.29) is 18.1 Å². The zero-order chi connectivity index (χ0) is 18.8. The second kappa shape index (κ2) is 7.71. The average Bonchev–Trinajstić information content (AvgIpc) is 3.15. The standard InChI is InChI=1S/C22H21BrN2O2/c23-17-7-9-19(20(24)12-17)22(26)25-13-18-8-10-21(27-18)16-6-5-14-3-1-2-4-15(14)11-16/h1-7,9,11-12,18,21H,8,10,13,24H2,(H,25,26)/t18-,21?/m0/s1. The Morgan fingerprint density at radius 1 is 1.07 bits per heavy atom. The summed E-state index contributed by atoms with van der Waals surface area (Å²) >= 11 is 3.35. The molecule has 1 aliphatic heterocycles. The Bertz CT molecular complexity index is 989. The molecule has 3 aromatic rings. The molecule has 0 aliphatic carbocycles. The highest BCUT2D eigenvalue weighted by molar-refractivity contribution is 9.10. The molecule has 3 N–H and O–H groups in total. The Hall–Kier alpha value is -2.37. The highest BCUT2D eigenvalue weighted by Crippen LogP contribution is 2.34. The van der Waals surface area contributed by atoms with Gasteiger partial charge in [0, 0.05) is 16.7 Å². The normalized spacial score (nSPS) is 19.3. The van der Waals surface area contributed by atoms with Crippen molar-refractivity contribution in [2.45, 2.75) is 25.0 Å². The topological polar surface area (TPSA) is 64.4 Å². The molecule has 1 heterocycles. The van der Waals surface area contributed by atoms with Crippen LogP contribution in [0.1, 0.15) is 34.9 Å². The summed E-state index contributed by atoms with van der Waals surface area (Å²) in [4.78, 5) is 12.4. The van der Waals surface area contributed by atoms with Gasteiger partial charge in [0.15, 0.2) is 0 Å². The summed E-state index contributed by atoms with van der Waals surface area (Å²) in [5.41, 5.74) is 8.07. The summed E-state index contributed by atoms with van der Waals surface area (Å²) in [6, 6.07) is 20.1. The molecule has 0 radical (unpaired) electrons. The lowest BCUT2D eigenvalue weighted by atomic mass is 10.0. The molecule has 0 spiro atoms. The molecule has 4 rings (SSSR count). The first kappa shape index (κ1) is 18.0. The van der Waals surface area contributed by atoms with Crippen LogP contribution in [-0.4, -0.2) is 18.6 Å². The van der Waals surface area contributed by atoms with Gasteiger partial charge in [0.2, 0.25) is 0 Å². The highest BCUT2D eigenvalue weighted by Gasteiger charge is 2.27. The van der Waals surface area contributed by atoms with E-state index >= 15 is 0 Å². The molecular formula is C22H21BrN2O2. The predicted molar refractivity (Wildman–Crippen MR) is 112 cm³/mol. The van der Waals surface area contributed by atoms with Gasteiger partial charge in [-0.3, -0.25) is 4.79 Å². The number of carbonyl (C=O) groups is 1. The molecule has 1 unspecified atom stereocenters. The van der Waals surface area contributed by atoms with Crippen LogP contribution < -0.4 is 11.1 Å². The highest BCUT2D eigenvalue weighted by atomic mass is 79.9. The van der Waals surface area contributed by atoms with Gasteiger partial charge in [0.1, 0.15) is 0 Å². The fourth-order valence-electron chi connectivity index (χ4n) is 3.55. The van der Waals surface area contributed by atoms with Crippen LogP contribution >= 0.6 is 15.9 Å². The third-order valence-electron chi connectivity index (χ3n) is 5.00. The third kappa shape index (κ3) is 3.99. The molecular weight excluding hydrogens is 404 g/mol. The smallest absolute Gasteiger partial charge is 0.253 e. The molecule has 1 saturated heterocycles. The number of nitrogens with two attached hydrogens (primary N) is 1. The minimum absolute atomic E-state index is 0.0158. The number of benzene rings is 3. The van der Waals surface area contributed by atoms with E-state index in [0.717, 1.165) is 17.3 Å². The summed E-state index contributed by atoms with van der Waals surface area (Å²) in [6.07, 6.45) is 1.98. The monoisotopic (exact) mass is 424 g/mol. The fraction of sp³-hybridized carbons (Fsp3) is 0.227. The zero-order valence-electron chi connectivity index (χ0n) is 14.8. The molecule has 3 aromatic carbocycles. The van der Waals surface area contributed by atoms with Crippen LogP contribution in [0.3, 0.4) is 0 Å². The number of amides is 1. The van der Waals surface area contributed by atoms with Crippen molar-refractivity contribution in [1.29, 1.82) is 0 Å². The maximum Gasteiger partial charge on any atom is 0.253 e. The van der Waals surface area contributed by atoms with Gasteiger partial charge < -0.3 is 15.8 Å². The van der Waals surface area contributed by atoms with Crippen molar-refractivity contribution < 1.29 is 9.53 Å². The van der Waals surface area contributed by atoms with E-state index in [4.69, 9.17) is 10.5 Å². The van der Waals surface area contributed by atoms with Crippen molar-refractivity contribution in [3.05, 3.63) is 76.3 Å². The molecule has 2 atom stereocenters. The van der Waals surface area contributed by atoms with Crippen molar-refractivity contribution >= 4 is 38.3 Å². The van der Waals surface area contributed by atoms with E-state index in [0.29, 0.717) is 17.8 Å². The number of hydrogen-bond donors (Lipinski definition) is 2. The Labute approximate surface area is 166 Å². The van der Waals surface area contributed by atoms with Gasteiger partial charge in [-0.1, -0.05) is 52.3 Å². The molecule has 1 fully saturated rings. The van der Waals surface area contributed by atoms with Crippen LogP contribution in [0.4, 0.5) is 5.69 Å². The number of fused-ring (bicyclic) bond motifs is 1. The van der Waals surface area contributed by atoms with E-state index in [1.807, 2.05) is 18.2 Å². The minimum Gasteiger partial charge on any atom is -0.398 e. The number of nitrogen functional groups attached to an aromatic ring is 1. The second-order valence-electron chi connectivity index (χ2n) is 6.87. The molecule has 5 heteroatoms. The van der Waals surface area contributed by atoms with E-state index in [9.17, 15) is 4.79 Å². The number of hydrogen-bond acceptors (Lipinski definition) is 3. The van der Waals surface area contributed by atoms with Gasteiger partial charge in [-0.25, -0.2) is 0 Å². The molecule has 4 nitrogen and oxygen atoms in total. The van der Waals surface area contributed by atoms with Gasteiger partial charge in [-0.2, -0.15) is 0 Å². The summed E-state index contributed by atoms with van der Waals surface area (Å²) in [5, 5.41) is 5.40. The minimum atomic E-state index is -0.169. The lowest BCUT2D eigenvalue weighted by Crippen LogP contribution is -2.32. The molecule has 0 saturated carbocycles. The van der Waals surface area contributed by atoms with Crippen LogP contribution in [0.25, 0.3) is 10.8 Å². The van der Waals surface area contributed by atoms with Gasteiger partial charge >= 0.3 is 0 Å². The van der Waals surface area contributed by atoms with E-state index < -0.39 is 0 Å². The first-order valence-corrected chi connectivity index (χ1v) is 9.87. The Morgan fingerprint density at radius 3 is 2.70 bits per heavy atom. The van der Waals surface area contributed by atoms with Crippen molar-refractivity contribution in [3.63, 3.8) is 0 Å². The van der Waals surface area contributed by atoms with Crippen LogP contribution in [0.15, 0.2) is 65.1 Å². The maximum absolute atomic E-state index is 12.4. The predicted octanol–water partition coefficient (Wildman–Crippen LogP) is 4.83. The molecule has 138 valence electrons. The number of nitrogens with one attached hydrogen (secondary N) is 1. The summed E-state index contributed by atoms with van der Waals surface area (Å²) in [6.45, 7) is 0.485. The van der Waals surface area contributed by atoms with Crippen LogP contribution in [0.2, 0.25) is 0 Å². The second-order valence-corrected chi connectivity index (χ2v) is 7.79. The number of rotatable bonds is 4. The molecule has 27 heavy (non-hydrogen) atoms. The van der Waals surface area contributed by atoms with Crippen LogP contribution in [0, 0.1) is 0 Å². The molecule has 0 aromatic heterocycles. The fourth-order valence-corrected chi connectivity index (χ4v) is 3.93. The lowest BCUT2D eigenvalue weighted by molar-refractivity contribution is 0.0436. The number of halogens is 1. The Balaban J connectivity index is 1.37. The van der Waals surface area contributed by atoms with Gasteiger partial charge in [0.25, 0.3) is 5.91 Å². The van der Waals surface area contributed by atoms with Gasteiger partial charge in [-0.05, 0) is 53.4 Å². The van der Waals surface area contributed by atoms with Crippen molar-refractivity contribution in [2.75, 3.05) is 12.3 Å². The summed E-state index contributed by atoms with van der Waals surface area (Å²) < 4.78 is 7.03.